The molecule has 1 amide bonds. The second kappa shape index (κ2) is 7.54. The molecule has 0 aromatic heterocycles. The third-order valence-corrected chi connectivity index (χ3v) is 6.24. The van der Waals surface area contributed by atoms with Crippen LogP contribution in [0.15, 0.2) is 47.4 Å². The highest BCUT2D eigenvalue weighted by Crippen LogP contribution is 2.42. The van der Waals surface area contributed by atoms with Gasteiger partial charge in [-0.05, 0) is 37.1 Å². The Bertz CT molecular complexity index is 849. The molecule has 2 atom stereocenters. The third kappa shape index (κ3) is 3.49. The van der Waals surface area contributed by atoms with Crippen molar-refractivity contribution in [2.75, 3.05) is 12.0 Å². The molecule has 0 N–H and O–H groups in total. The Hall–Kier alpha value is -2.27. The van der Waals surface area contributed by atoms with Crippen LogP contribution in [0.1, 0.15) is 23.6 Å². The average Bonchev–Trinajstić information content (AvgIpc) is 2.65. The molecule has 0 radical (unpaired) electrons. The minimum Gasteiger partial charge on any atom is -0.469 e. The van der Waals surface area contributed by atoms with Crippen molar-refractivity contribution in [2.24, 2.45) is 5.92 Å². The maximum Gasteiger partial charge on any atom is 0.310 e. The number of fused-ring (bicyclic) bond motifs is 1. The van der Waals surface area contributed by atoms with Crippen LogP contribution < -0.4 is 4.90 Å². The van der Waals surface area contributed by atoms with Gasteiger partial charge in [0.05, 0.1) is 25.3 Å². The van der Waals surface area contributed by atoms with Crippen LogP contribution >= 0.6 is 11.8 Å². The summed E-state index contributed by atoms with van der Waals surface area (Å²) < 4.78 is 4.87. The third-order valence-electron chi connectivity index (χ3n) is 4.78. The van der Waals surface area contributed by atoms with Crippen LogP contribution in [0.2, 0.25) is 0 Å². The molecule has 5 heteroatoms. The highest BCUT2D eigenvalue weighted by atomic mass is 32.2. The van der Waals surface area contributed by atoms with Crippen LogP contribution in [-0.4, -0.2) is 24.2 Å². The Morgan fingerprint density at radius 1 is 1.23 bits per heavy atom. The lowest BCUT2D eigenvalue weighted by molar-refractivity contribution is -0.146. The summed E-state index contributed by atoms with van der Waals surface area (Å²) >= 11 is 1.45. The van der Waals surface area contributed by atoms with Crippen LogP contribution in [0.5, 0.6) is 0 Å². The van der Waals surface area contributed by atoms with E-state index in [1.54, 1.807) is 11.8 Å². The lowest BCUT2D eigenvalue weighted by Crippen LogP contribution is -2.45. The van der Waals surface area contributed by atoms with E-state index in [1.807, 2.05) is 31.2 Å². The van der Waals surface area contributed by atoms with Crippen molar-refractivity contribution in [3.8, 4) is 0 Å². The van der Waals surface area contributed by atoms with Crippen molar-refractivity contribution in [3.63, 3.8) is 0 Å². The summed E-state index contributed by atoms with van der Waals surface area (Å²) in [6.07, 6.45) is 0. The number of thioether (sulfide) groups is 1. The first-order valence-corrected chi connectivity index (χ1v) is 9.51. The zero-order valence-electron chi connectivity index (χ0n) is 15.5. The van der Waals surface area contributed by atoms with E-state index < -0.39 is 11.2 Å². The number of rotatable bonds is 4. The molecule has 26 heavy (non-hydrogen) atoms. The minimum atomic E-state index is -0.507. The van der Waals surface area contributed by atoms with Gasteiger partial charge in [0.15, 0.2) is 0 Å². The highest BCUT2D eigenvalue weighted by molar-refractivity contribution is 8.01. The van der Waals surface area contributed by atoms with Crippen LogP contribution in [0, 0.1) is 19.8 Å². The highest BCUT2D eigenvalue weighted by Gasteiger charge is 2.39. The fourth-order valence-corrected chi connectivity index (χ4v) is 4.44. The number of esters is 1. The molecule has 4 nitrogen and oxygen atoms in total. The summed E-state index contributed by atoms with van der Waals surface area (Å²) in [4.78, 5) is 28.1. The molecule has 2 aromatic rings. The van der Waals surface area contributed by atoms with Gasteiger partial charge in [-0.25, -0.2) is 0 Å². The maximum absolute atomic E-state index is 13.2. The summed E-state index contributed by atoms with van der Waals surface area (Å²) in [5.74, 6) is -0.915. The summed E-state index contributed by atoms with van der Waals surface area (Å²) in [6.45, 7) is 6.35. The van der Waals surface area contributed by atoms with Crippen molar-refractivity contribution in [2.45, 2.75) is 37.5 Å². The van der Waals surface area contributed by atoms with Crippen molar-refractivity contribution >= 4 is 29.3 Å². The molecule has 0 bridgehead atoms. The number of methoxy groups -OCH3 is 1. The van der Waals surface area contributed by atoms with E-state index in [2.05, 4.69) is 25.1 Å². The van der Waals surface area contributed by atoms with E-state index in [9.17, 15) is 9.59 Å². The smallest absolute Gasteiger partial charge is 0.310 e. The Morgan fingerprint density at radius 2 is 1.96 bits per heavy atom. The quantitative estimate of drug-likeness (QED) is 0.761. The first-order valence-electron chi connectivity index (χ1n) is 8.63. The lowest BCUT2D eigenvalue weighted by atomic mass is 10.0. The number of para-hydroxylation sites is 1. The fourth-order valence-electron chi connectivity index (χ4n) is 3.17. The number of aryl methyl sites for hydroxylation is 2. The first kappa shape index (κ1) is 18.5. The molecule has 1 aliphatic heterocycles. The fraction of sp³-hybridized carbons (Fsp3) is 0.333. The van der Waals surface area contributed by atoms with E-state index in [0.29, 0.717) is 6.54 Å². The standard InChI is InChI=1S/C21H23NO3S/c1-13-9-10-14(2)16(11-13)12-22-17-7-5-6-8-18(17)26-19(20(22)23)15(3)21(24)25-4/h5-11,15,19H,12H2,1-4H3/t15-,19-/m1/s1. The molecule has 2 aromatic carbocycles. The van der Waals surface area contributed by atoms with Gasteiger partial charge in [0.1, 0.15) is 5.25 Å². The summed E-state index contributed by atoms with van der Waals surface area (Å²) in [6, 6.07) is 14.1. The largest absolute Gasteiger partial charge is 0.469 e. The zero-order valence-corrected chi connectivity index (χ0v) is 16.3. The average molecular weight is 369 g/mol. The monoisotopic (exact) mass is 369 g/mol. The molecule has 1 heterocycles. The number of carbonyl (C=O) groups is 2. The Labute approximate surface area is 158 Å². The van der Waals surface area contributed by atoms with E-state index in [0.717, 1.165) is 27.3 Å². The Kier molecular flexibility index (Phi) is 5.37. The van der Waals surface area contributed by atoms with Gasteiger partial charge in [0, 0.05) is 4.90 Å². The number of hydrogen-bond donors (Lipinski definition) is 0. The van der Waals surface area contributed by atoms with E-state index in [-0.39, 0.29) is 11.9 Å². The number of hydrogen-bond acceptors (Lipinski definition) is 4. The van der Waals surface area contributed by atoms with Gasteiger partial charge in [-0.1, -0.05) is 42.8 Å². The lowest BCUT2D eigenvalue weighted by Gasteiger charge is -2.35. The predicted octanol–water partition coefficient (Wildman–Crippen LogP) is 4.12. The second-order valence-corrected chi connectivity index (χ2v) is 7.86. The minimum absolute atomic E-state index is 0.0486. The van der Waals surface area contributed by atoms with Crippen molar-refractivity contribution in [1.29, 1.82) is 0 Å². The van der Waals surface area contributed by atoms with Crippen LogP contribution in [0.4, 0.5) is 5.69 Å². The predicted molar refractivity (Wildman–Crippen MR) is 104 cm³/mol. The number of benzene rings is 2. The number of anilines is 1. The zero-order chi connectivity index (χ0) is 18.8. The molecule has 1 aliphatic rings. The van der Waals surface area contributed by atoms with Crippen LogP contribution in [0.25, 0.3) is 0 Å². The second-order valence-electron chi connectivity index (χ2n) is 6.67. The van der Waals surface area contributed by atoms with Gasteiger partial charge >= 0.3 is 5.97 Å². The first-order chi connectivity index (χ1) is 12.4. The number of nitrogens with zero attached hydrogens (tertiary/aromatic N) is 1. The molecule has 0 unspecified atom stereocenters. The van der Waals surface area contributed by atoms with Crippen LogP contribution in [-0.2, 0) is 20.9 Å². The molecule has 0 saturated carbocycles. The van der Waals surface area contributed by atoms with E-state index in [4.69, 9.17) is 4.74 Å². The van der Waals surface area contributed by atoms with Gasteiger partial charge in [-0.2, -0.15) is 0 Å². The Morgan fingerprint density at radius 3 is 2.69 bits per heavy atom. The maximum atomic E-state index is 13.2. The summed E-state index contributed by atoms with van der Waals surface area (Å²) in [5.41, 5.74) is 4.33. The van der Waals surface area contributed by atoms with Crippen molar-refractivity contribution in [1.82, 2.24) is 0 Å². The van der Waals surface area contributed by atoms with Gasteiger partial charge < -0.3 is 9.64 Å². The topological polar surface area (TPSA) is 46.6 Å². The summed E-state index contributed by atoms with van der Waals surface area (Å²) in [7, 11) is 1.36. The number of carbonyl (C=O) groups excluding carboxylic acids is 2. The normalized spacial score (nSPS) is 17.6. The summed E-state index contributed by atoms with van der Waals surface area (Å²) in [5, 5.41) is -0.484. The molecule has 3 rings (SSSR count). The SMILES string of the molecule is COC(=O)[C@H](C)[C@H]1Sc2ccccc2N(Cc2cc(C)ccc2C)C1=O. The Balaban J connectivity index is 2.00. The van der Waals surface area contributed by atoms with Gasteiger partial charge in [0.25, 0.3) is 0 Å². The van der Waals surface area contributed by atoms with Gasteiger partial charge in [0.2, 0.25) is 5.91 Å². The van der Waals surface area contributed by atoms with Gasteiger partial charge in [-0.3, -0.25) is 9.59 Å². The molecular formula is C21H23NO3S. The van der Waals surface area contributed by atoms with Crippen molar-refractivity contribution in [3.05, 3.63) is 59.2 Å². The molecule has 136 valence electrons. The molecular weight excluding hydrogens is 346 g/mol. The number of ether oxygens (including phenoxy) is 1. The molecule has 0 fully saturated rings. The van der Waals surface area contributed by atoms with E-state index >= 15 is 0 Å². The van der Waals surface area contributed by atoms with Crippen molar-refractivity contribution < 1.29 is 14.3 Å². The van der Waals surface area contributed by atoms with Crippen LogP contribution in [0.3, 0.4) is 0 Å². The molecule has 0 saturated heterocycles. The van der Waals surface area contributed by atoms with Gasteiger partial charge in [-0.15, -0.1) is 11.8 Å². The number of amides is 1. The van der Waals surface area contributed by atoms with E-state index in [1.165, 1.54) is 18.9 Å². The molecule has 0 aliphatic carbocycles. The molecule has 0 spiro atoms.